The summed E-state index contributed by atoms with van der Waals surface area (Å²) in [6.07, 6.45) is 8.53. The topological polar surface area (TPSA) is 9.23 Å². The Kier molecular flexibility index (Phi) is 3.81. The Balaban J connectivity index is 2.15. The van der Waals surface area contributed by atoms with E-state index in [1.807, 2.05) is 7.11 Å². The maximum absolute atomic E-state index is 5.14. The first-order valence-electron chi connectivity index (χ1n) is 4.42. The summed E-state index contributed by atoms with van der Waals surface area (Å²) in [5.74, 6) is 0.868. The smallest absolute Gasteiger partial charge is 0.0490 e. The first kappa shape index (κ1) is 8.06. The molecule has 0 radical (unpaired) electrons. The van der Waals surface area contributed by atoms with E-state index in [4.69, 9.17) is 4.74 Å². The average molecular weight is 142 g/mol. The molecule has 1 saturated carbocycles. The number of hydrogen-bond donors (Lipinski definition) is 0. The minimum absolute atomic E-state index is 0.868. The molecule has 0 heterocycles. The van der Waals surface area contributed by atoms with E-state index >= 15 is 0 Å². The molecular formula is C9H18O. The summed E-state index contributed by atoms with van der Waals surface area (Å²) in [5.41, 5.74) is 0. The van der Waals surface area contributed by atoms with Crippen molar-refractivity contribution in [3.05, 3.63) is 0 Å². The number of methoxy groups -OCH3 is 1. The number of ether oxygens (including phenoxy) is 1. The van der Waals surface area contributed by atoms with Crippen molar-refractivity contribution >= 4 is 0 Å². The fourth-order valence-electron chi connectivity index (χ4n) is 1.77. The molecule has 10 heavy (non-hydrogen) atoms. The molecule has 1 aliphatic rings. The summed E-state index contributed by atoms with van der Waals surface area (Å²) in [6.45, 7) is 0.986. The Bertz CT molecular complexity index is 72.8. The number of rotatable bonds is 2. The molecule has 0 N–H and O–H groups in total. The third-order valence-corrected chi connectivity index (χ3v) is 2.38. The van der Waals surface area contributed by atoms with Gasteiger partial charge in [0, 0.05) is 13.7 Å². The van der Waals surface area contributed by atoms with Gasteiger partial charge in [-0.3, -0.25) is 0 Å². The molecule has 1 heteroatoms. The van der Waals surface area contributed by atoms with Crippen LogP contribution in [0.3, 0.4) is 0 Å². The minimum Gasteiger partial charge on any atom is -0.384 e. The quantitative estimate of drug-likeness (QED) is 0.538. The maximum atomic E-state index is 5.14. The first-order valence-corrected chi connectivity index (χ1v) is 4.42. The molecule has 1 nitrogen and oxygen atoms in total. The summed E-state index contributed by atoms with van der Waals surface area (Å²) in [7, 11) is 1.81. The molecule has 0 atom stereocenters. The van der Waals surface area contributed by atoms with Crippen LogP contribution in [0, 0.1) is 5.92 Å². The molecular weight excluding hydrogens is 124 g/mol. The standard InChI is InChI=1S/C9H18O/c1-10-8-9-6-4-2-3-5-7-9/h9H,2-8H2,1H3. The third kappa shape index (κ3) is 2.70. The van der Waals surface area contributed by atoms with Crippen LogP contribution in [0.15, 0.2) is 0 Å². The van der Waals surface area contributed by atoms with Gasteiger partial charge in [-0.1, -0.05) is 25.7 Å². The zero-order valence-corrected chi connectivity index (χ0v) is 6.94. The highest BCUT2D eigenvalue weighted by Gasteiger charge is 2.10. The monoisotopic (exact) mass is 142 g/mol. The second-order valence-electron chi connectivity index (χ2n) is 3.31. The van der Waals surface area contributed by atoms with E-state index < -0.39 is 0 Å². The van der Waals surface area contributed by atoms with Crippen molar-refractivity contribution in [2.45, 2.75) is 38.5 Å². The third-order valence-electron chi connectivity index (χ3n) is 2.38. The van der Waals surface area contributed by atoms with Crippen LogP contribution in [0.5, 0.6) is 0 Å². The zero-order valence-electron chi connectivity index (χ0n) is 6.94. The first-order chi connectivity index (χ1) is 4.93. The van der Waals surface area contributed by atoms with Crippen LogP contribution >= 0.6 is 0 Å². The molecule has 0 aromatic heterocycles. The van der Waals surface area contributed by atoms with Crippen molar-refractivity contribution in [2.24, 2.45) is 5.92 Å². The van der Waals surface area contributed by atoms with Crippen molar-refractivity contribution in [1.29, 1.82) is 0 Å². The lowest BCUT2D eigenvalue weighted by Gasteiger charge is -2.11. The minimum atomic E-state index is 0.868. The summed E-state index contributed by atoms with van der Waals surface area (Å²) in [4.78, 5) is 0. The van der Waals surface area contributed by atoms with E-state index in [0.717, 1.165) is 12.5 Å². The molecule has 0 aliphatic heterocycles. The fourth-order valence-corrected chi connectivity index (χ4v) is 1.77. The van der Waals surface area contributed by atoms with Crippen molar-refractivity contribution < 1.29 is 4.74 Å². The van der Waals surface area contributed by atoms with E-state index in [9.17, 15) is 0 Å². The molecule has 1 fully saturated rings. The second kappa shape index (κ2) is 4.73. The Morgan fingerprint density at radius 2 is 1.70 bits per heavy atom. The fraction of sp³-hybridized carbons (Fsp3) is 1.00. The van der Waals surface area contributed by atoms with Gasteiger partial charge in [0.2, 0.25) is 0 Å². The van der Waals surface area contributed by atoms with Crippen LogP contribution in [-0.2, 0) is 4.74 Å². The van der Waals surface area contributed by atoms with E-state index in [0.29, 0.717) is 0 Å². The summed E-state index contributed by atoms with van der Waals surface area (Å²) < 4.78 is 5.14. The highest BCUT2D eigenvalue weighted by Crippen LogP contribution is 2.22. The Morgan fingerprint density at radius 1 is 1.10 bits per heavy atom. The molecule has 0 unspecified atom stereocenters. The average Bonchev–Trinajstić information content (AvgIpc) is 2.17. The van der Waals surface area contributed by atoms with Gasteiger partial charge in [0.05, 0.1) is 0 Å². The van der Waals surface area contributed by atoms with Crippen LogP contribution in [0.2, 0.25) is 0 Å². The largest absolute Gasteiger partial charge is 0.384 e. The van der Waals surface area contributed by atoms with E-state index in [2.05, 4.69) is 0 Å². The second-order valence-corrected chi connectivity index (χ2v) is 3.31. The lowest BCUT2D eigenvalue weighted by atomic mass is 10.0. The SMILES string of the molecule is COCC1CCCCCC1. The molecule has 1 aliphatic carbocycles. The molecule has 60 valence electrons. The van der Waals surface area contributed by atoms with Crippen LogP contribution in [0.1, 0.15) is 38.5 Å². The molecule has 0 amide bonds. The van der Waals surface area contributed by atoms with Crippen LogP contribution in [0.4, 0.5) is 0 Å². The van der Waals surface area contributed by atoms with E-state index in [1.54, 1.807) is 0 Å². The van der Waals surface area contributed by atoms with Gasteiger partial charge in [0.25, 0.3) is 0 Å². The van der Waals surface area contributed by atoms with Gasteiger partial charge in [-0.2, -0.15) is 0 Å². The van der Waals surface area contributed by atoms with Crippen molar-refractivity contribution in [3.63, 3.8) is 0 Å². The lowest BCUT2D eigenvalue weighted by molar-refractivity contribution is 0.144. The van der Waals surface area contributed by atoms with Crippen molar-refractivity contribution in [1.82, 2.24) is 0 Å². The van der Waals surface area contributed by atoms with Gasteiger partial charge in [-0.15, -0.1) is 0 Å². The number of hydrogen-bond acceptors (Lipinski definition) is 1. The highest BCUT2D eigenvalue weighted by atomic mass is 16.5. The lowest BCUT2D eigenvalue weighted by Crippen LogP contribution is -2.06. The van der Waals surface area contributed by atoms with Gasteiger partial charge in [-0.05, 0) is 18.8 Å². The van der Waals surface area contributed by atoms with Gasteiger partial charge in [-0.25, -0.2) is 0 Å². The summed E-state index contributed by atoms with van der Waals surface area (Å²) >= 11 is 0. The van der Waals surface area contributed by atoms with Gasteiger partial charge in [0.15, 0.2) is 0 Å². The molecule has 0 spiro atoms. The highest BCUT2D eigenvalue weighted by molar-refractivity contribution is 4.63. The Hall–Kier alpha value is -0.0400. The van der Waals surface area contributed by atoms with Gasteiger partial charge >= 0.3 is 0 Å². The van der Waals surface area contributed by atoms with Crippen LogP contribution in [0.25, 0.3) is 0 Å². The Morgan fingerprint density at radius 3 is 2.20 bits per heavy atom. The molecule has 0 aromatic carbocycles. The summed E-state index contributed by atoms with van der Waals surface area (Å²) in [5, 5.41) is 0. The van der Waals surface area contributed by atoms with Crippen molar-refractivity contribution in [2.75, 3.05) is 13.7 Å². The summed E-state index contributed by atoms with van der Waals surface area (Å²) in [6, 6.07) is 0. The van der Waals surface area contributed by atoms with Crippen LogP contribution < -0.4 is 0 Å². The predicted molar refractivity (Wildman–Crippen MR) is 43.1 cm³/mol. The zero-order chi connectivity index (χ0) is 7.23. The van der Waals surface area contributed by atoms with E-state index in [-0.39, 0.29) is 0 Å². The molecule has 1 rings (SSSR count). The maximum Gasteiger partial charge on any atom is 0.0490 e. The van der Waals surface area contributed by atoms with Crippen molar-refractivity contribution in [3.8, 4) is 0 Å². The Labute approximate surface area is 63.8 Å². The van der Waals surface area contributed by atoms with Gasteiger partial charge < -0.3 is 4.74 Å². The molecule has 0 aromatic rings. The van der Waals surface area contributed by atoms with E-state index in [1.165, 1.54) is 38.5 Å². The predicted octanol–water partition coefficient (Wildman–Crippen LogP) is 2.60. The normalized spacial score (nSPS) is 22.5. The molecule has 0 bridgehead atoms. The molecule has 0 saturated heterocycles. The van der Waals surface area contributed by atoms with Crippen LogP contribution in [-0.4, -0.2) is 13.7 Å². The van der Waals surface area contributed by atoms with Gasteiger partial charge in [0.1, 0.15) is 0 Å².